The third-order valence-corrected chi connectivity index (χ3v) is 7.45. The first-order valence-electron chi connectivity index (χ1n) is 12.7. The number of nitrogens with zero attached hydrogens (tertiary/aromatic N) is 6. The topological polar surface area (TPSA) is 105 Å². The fourth-order valence-corrected chi connectivity index (χ4v) is 5.18. The molecular weight excluding hydrogens is 518 g/mol. The van der Waals surface area contributed by atoms with Gasteiger partial charge in [-0.15, -0.1) is 0 Å². The quantitative estimate of drug-likeness (QED) is 0.468. The van der Waals surface area contributed by atoms with Gasteiger partial charge in [-0.25, -0.2) is 13.8 Å². The van der Waals surface area contributed by atoms with E-state index >= 15 is 0 Å². The zero-order chi connectivity index (χ0) is 27.9. The molecular formula is C26H29F4N7O2. The minimum Gasteiger partial charge on any atom is -0.354 e. The van der Waals surface area contributed by atoms with Crippen LogP contribution >= 0.6 is 0 Å². The predicted molar refractivity (Wildman–Crippen MR) is 135 cm³/mol. The van der Waals surface area contributed by atoms with Crippen molar-refractivity contribution in [3.63, 3.8) is 0 Å². The van der Waals surface area contributed by atoms with Gasteiger partial charge < -0.3 is 25.0 Å². The fourth-order valence-electron chi connectivity index (χ4n) is 5.18. The molecule has 2 fully saturated rings. The lowest BCUT2D eigenvalue weighted by molar-refractivity contribution is 0.00558. The average Bonchev–Trinajstić information content (AvgIpc) is 3.57. The van der Waals surface area contributed by atoms with Gasteiger partial charge >= 0.3 is 11.9 Å². The van der Waals surface area contributed by atoms with Crippen LogP contribution in [0.2, 0.25) is 0 Å². The minimum absolute atomic E-state index is 0.0442. The number of hydrogen-bond acceptors (Lipinski definition) is 8. The van der Waals surface area contributed by atoms with E-state index in [1.54, 1.807) is 29.0 Å². The number of aromatic nitrogens is 3. The summed E-state index contributed by atoms with van der Waals surface area (Å²) in [7, 11) is 1.72. The number of amides is 1. The molecule has 2 aromatic heterocycles. The van der Waals surface area contributed by atoms with Gasteiger partial charge in [-0.1, -0.05) is 5.16 Å². The number of benzene rings is 1. The van der Waals surface area contributed by atoms with Gasteiger partial charge in [-0.3, -0.25) is 4.79 Å². The molecule has 2 aliphatic heterocycles. The average molecular weight is 548 g/mol. The number of alkyl halides is 2. The molecule has 2 saturated heterocycles. The molecule has 1 amide bonds. The summed E-state index contributed by atoms with van der Waals surface area (Å²) in [4.78, 5) is 26.7. The van der Waals surface area contributed by atoms with Crippen LogP contribution in [0, 0.1) is 11.6 Å². The maximum atomic E-state index is 14.3. The number of halogens is 4. The molecule has 3 aromatic rings. The number of hydrogen-bond donors (Lipinski definition) is 1. The Morgan fingerprint density at radius 2 is 1.87 bits per heavy atom. The zero-order valence-electron chi connectivity index (χ0n) is 21.5. The molecule has 2 atom stereocenters. The lowest BCUT2D eigenvalue weighted by Crippen LogP contribution is -2.45. The number of pyridine rings is 1. The molecule has 4 heterocycles. The van der Waals surface area contributed by atoms with Gasteiger partial charge in [0, 0.05) is 64.3 Å². The summed E-state index contributed by atoms with van der Waals surface area (Å²) in [6.45, 7) is 2.44. The summed E-state index contributed by atoms with van der Waals surface area (Å²) in [6, 6.07) is 6.34. The van der Waals surface area contributed by atoms with Crippen molar-refractivity contribution in [3.05, 3.63) is 65.1 Å². The SMILES string of the molecule is CN(C(=O)c1ccc(N2CC(N)C(c3cc(F)ccc3F)C2)nc1)C1CCN(c2nc(C(C)(F)F)no2)CC1. The van der Waals surface area contributed by atoms with Crippen molar-refractivity contribution in [2.24, 2.45) is 5.73 Å². The fraction of sp³-hybridized carbons (Fsp3) is 0.462. The Morgan fingerprint density at radius 3 is 2.51 bits per heavy atom. The van der Waals surface area contributed by atoms with Crippen molar-refractivity contribution in [1.82, 2.24) is 20.0 Å². The molecule has 39 heavy (non-hydrogen) atoms. The molecule has 1 aromatic carbocycles. The second-order valence-electron chi connectivity index (χ2n) is 10.2. The van der Waals surface area contributed by atoms with E-state index in [1.807, 2.05) is 4.90 Å². The monoisotopic (exact) mass is 547 g/mol. The third-order valence-electron chi connectivity index (χ3n) is 7.45. The molecule has 0 spiro atoms. The van der Waals surface area contributed by atoms with Crippen molar-refractivity contribution in [3.8, 4) is 0 Å². The molecule has 0 saturated carbocycles. The molecule has 2 N–H and O–H groups in total. The second kappa shape index (κ2) is 10.4. The van der Waals surface area contributed by atoms with Crippen molar-refractivity contribution in [2.45, 2.75) is 43.7 Å². The highest BCUT2D eigenvalue weighted by molar-refractivity contribution is 5.94. The van der Waals surface area contributed by atoms with Crippen LogP contribution in [-0.2, 0) is 5.92 Å². The van der Waals surface area contributed by atoms with Gasteiger partial charge in [0.1, 0.15) is 17.5 Å². The van der Waals surface area contributed by atoms with E-state index in [0.717, 1.165) is 12.1 Å². The van der Waals surface area contributed by atoms with Crippen LogP contribution in [0.1, 0.15) is 47.4 Å². The summed E-state index contributed by atoms with van der Waals surface area (Å²) in [5, 5.41) is 3.36. The predicted octanol–water partition coefficient (Wildman–Crippen LogP) is 3.53. The van der Waals surface area contributed by atoms with Gasteiger partial charge in [0.25, 0.3) is 5.91 Å². The van der Waals surface area contributed by atoms with Crippen LogP contribution in [0.4, 0.5) is 29.4 Å². The lowest BCUT2D eigenvalue weighted by atomic mass is 9.94. The molecule has 0 aliphatic carbocycles. The Morgan fingerprint density at radius 1 is 1.13 bits per heavy atom. The standard InChI is InChI=1S/C26H29F4N7O2/c1-26(29,30)24-33-25(39-34-24)36-9-7-17(8-10-36)35(2)23(38)15-3-6-22(32-12-15)37-13-19(21(31)14-37)18-11-16(27)4-5-20(18)28/h3-6,11-12,17,19,21H,7-10,13-14,31H2,1-2H3. The van der Waals surface area contributed by atoms with Crippen molar-refractivity contribution >= 4 is 17.7 Å². The maximum Gasteiger partial charge on any atom is 0.324 e. The van der Waals surface area contributed by atoms with Crippen LogP contribution in [0.5, 0.6) is 0 Å². The highest BCUT2D eigenvalue weighted by Gasteiger charge is 2.35. The molecule has 208 valence electrons. The Labute approximate surface area is 222 Å². The van der Waals surface area contributed by atoms with Crippen molar-refractivity contribution < 1.29 is 26.9 Å². The lowest BCUT2D eigenvalue weighted by Gasteiger charge is -2.35. The summed E-state index contributed by atoms with van der Waals surface area (Å²) in [6.07, 6.45) is 2.69. The molecule has 13 heteroatoms. The molecule has 0 bridgehead atoms. The van der Waals surface area contributed by atoms with Crippen LogP contribution in [0.25, 0.3) is 0 Å². The van der Waals surface area contributed by atoms with E-state index in [4.69, 9.17) is 10.3 Å². The van der Waals surface area contributed by atoms with Gasteiger partial charge in [0.05, 0.1) is 5.56 Å². The maximum absolute atomic E-state index is 14.3. The number of piperidine rings is 1. The minimum atomic E-state index is -3.18. The third kappa shape index (κ3) is 5.54. The Hall–Kier alpha value is -3.74. The normalized spacial score (nSPS) is 20.5. The van der Waals surface area contributed by atoms with E-state index in [-0.39, 0.29) is 23.5 Å². The van der Waals surface area contributed by atoms with E-state index in [1.165, 1.54) is 12.3 Å². The van der Waals surface area contributed by atoms with Crippen LogP contribution < -0.4 is 15.5 Å². The number of anilines is 2. The van der Waals surface area contributed by atoms with Gasteiger partial charge in [-0.2, -0.15) is 13.8 Å². The molecule has 0 radical (unpaired) electrons. The van der Waals surface area contributed by atoms with E-state index in [0.29, 0.717) is 57.3 Å². The molecule has 2 aliphatic rings. The molecule has 2 unspecified atom stereocenters. The highest BCUT2D eigenvalue weighted by atomic mass is 19.3. The first-order valence-corrected chi connectivity index (χ1v) is 12.7. The number of carbonyl (C=O) groups is 1. The summed E-state index contributed by atoms with van der Waals surface area (Å²) >= 11 is 0. The summed E-state index contributed by atoms with van der Waals surface area (Å²) in [5.74, 6) is -4.85. The van der Waals surface area contributed by atoms with Crippen LogP contribution in [-0.4, -0.2) is 71.2 Å². The van der Waals surface area contributed by atoms with E-state index in [2.05, 4.69) is 15.1 Å². The van der Waals surface area contributed by atoms with Crippen LogP contribution in [0.3, 0.4) is 0 Å². The van der Waals surface area contributed by atoms with Crippen molar-refractivity contribution in [2.75, 3.05) is 43.0 Å². The summed E-state index contributed by atoms with van der Waals surface area (Å²) in [5.41, 5.74) is 6.91. The van der Waals surface area contributed by atoms with Gasteiger partial charge in [0.15, 0.2) is 0 Å². The van der Waals surface area contributed by atoms with Crippen LogP contribution in [0.15, 0.2) is 41.1 Å². The van der Waals surface area contributed by atoms with E-state index < -0.39 is 35.3 Å². The number of nitrogens with two attached hydrogens (primary N) is 1. The zero-order valence-corrected chi connectivity index (χ0v) is 21.5. The van der Waals surface area contributed by atoms with E-state index in [9.17, 15) is 22.4 Å². The first-order chi connectivity index (χ1) is 18.5. The largest absolute Gasteiger partial charge is 0.354 e. The molecule has 5 rings (SSSR count). The Bertz CT molecular complexity index is 1320. The number of carbonyl (C=O) groups excluding carboxylic acids is 1. The second-order valence-corrected chi connectivity index (χ2v) is 10.2. The smallest absolute Gasteiger partial charge is 0.324 e. The Balaban J connectivity index is 1.18. The van der Waals surface area contributed by atoms with Gasteiger partial charge in [0.2, 0.25) is 5.82 Å². The van der Waals surface area contributed by atoms with Gasteiger partial charge in [-0.05, 0) is 48.7 Å². The van der Waals surface area contributed by atoms with Crippen molar-refractivity contribution in [1.29, 1.82) is 0 Å². The highest BCUT2D eigenvalue weighted by Crippen LogP contribution is 2.32. The number of rotatable bonds is 6. The Kier molecular flexibility index (Phi) is 7.19. The molecule has 9 nitrogen and oxygen atoms in total. The summed E-state index contributed by atoms with van der Waals surface area (Å²) < 4.78 is 59.8. The first kappa shape index (κ1) is 26.9.